The first-order chi connectivity index (χ1) is 10.6. The first kappa shape index (κ1) is 14.8. The molecule has 1 saturated heterocycles. The molecule has 1 aliphatic rings. The number of halogens is 1. The van der Waals surface area contributed by atoms with Crippen LogP contribution in [0.1, 0.15) is 27.9 Å². The highest BCUT2D eigenvalue weighted by Gasteiger charge is 2.27. The SMILES string of the molecule is Cc1ccc(CC2CCN(C(=O)c3cccc(F)c3)C2)cc1. The quantitative estimate of drug-likeness (QED) is 0.843. The van der Waals surface area contributed by atoms with Gasteiger partial charge in [-0.3, -0.25) is 4.79 Å². The van der Waals surface area contributed by atoms with Gasteiger partial charge >= 0.3 is 0 Å². The fourth-order valence-electron chi connectivity index (χ4n) is 3.05. The molecule has 1 heterocycles. The molecular formula is C19H20FNO. The smallest absolute Gasteiger partial charge is 0.253 e. The maximum atomic E-state index is 13.2. The van der Waals surface area contributed by atoms with Gasteiger partial charge in [0.15, 0.2) is 0 Å². The first-order valence-electron chi connectivity index (χ1n) is 7.72. The first-order valence-corrected chi connectivity index (χ1v) is 7.72. The van der Waals surface area contributed by atoms with E-state index in [2.05, 4.69) is 31.2 Å². The number of rotatable bonds is 3. The molecule has 3 rings (SSSR count). The Morgan fingerprint density at radius 2 is 2.00 bits per heavy atom. The molecule has 1 amide bonds. The fraction of sp³-hybridized carbons (Fsp3) is 0.316. The molecule has 1 aliphatic heterocycles. The second kappa shape index (κ2) is 6.30. The third kappa shape index (κ3) is 3.35. The molecule has 114 valence electrons. The average molecular weight is 297 g/mol. The Balaban J connectivity index is 1.62. The van der Waals surface area contributed by atoms with E-state index in [4.69, 9.17) is 0 Å². The highest BCUT2D eigenvalue weighted by atomic mass is 19.1. The normalized spacial score (nSPS) is 17.7. The van der Waals surface area contributed by atoms with Gasteiger partial charge in [0.2, 0.25) is 0 Å². The monoisotopic (exact) mass is 297 g/mol. The fourth-order valence-corrected chi connectivity index (χ4v) is 3.05. The lowest BCUT2D eigenvalue weighted by Gasteiger charge is -2.17. The van der Waals surface area contributed by atoms with Crippen LogP contribution in [0.3, 0.4) is 0 Å². The minimum atomic E-state index is -0.360. The lowest BCUT2D eigenvalue weighted by molar-refractivity contribution is 0.0786. The third-order valence-electron chi connectivity index (χ3n) is 4.29. The van der Waals surface area contributed by atoms with Gasteiger partial charge in [0.1, 0.15) is 5.82 Å². The number of nitrogens with zero attached hydrogens (tertiary/aromatic N) is 1. The highest BCUT2D eigenvalue weighted by molar-refractivity contribution is 5.94. The van der Waals surface area contributed by atoms with Crippen LogP contribution >= 0.6 is 0 Å². The summed E-state index contributed by atoms with van der Waals surface area (Å²) in [5.74, 6) is 0.0624. The van der Waals surface area contributed by atoms with Crippen LogP contribution in [0.25, 0.3) is 0 Å². The number of hydrogen-bond donors (Lipinski definition) is 0. The van der Waals surface area contributed by atoms with E-state index in [0.29, 0.717) is 11.5 Å². The van der Waals surface area contributed by atoms with Crippen molar-refractivity contribution in [2.45, 2.75) is 19.8 Å². The van der Waals surface area contributed by atoms with Crippen molar-refractivity contribution in [3.05, 3.63) is 71.0 Å². The largest absolute Gasteiger partial charge is 0.338 e. The van der Waals surface area contributed by atoms with Crippen molar-refractivity contribution < 1.29 is 9.18 Å². The Morgan fingerprint density at radius 1 is 1.23 bits per heavy atom. The minimum Gasteiger partial charge on any atom is -0.338 e. The van der Waals surface area contributed by atoms with E-state index in [1.54, 1.807) is 12.1 Å². The van der Waals surface area contributed by atoms with Crippen LogP contribution in [0.5, 0.6) is 0 Å². The zero-order chi connectivity index (χ0) is 15.5. The van der Waals surface area contributed by atoms with Crippen molar-refractivity contribution in [1.82, 2.24) is 4.90 Å². The summed E-state index contributed by atoms with van der Waals surface area (Å²) in [5, 5.41) is 0. The van der Waals surface area contributed by atoms with E-state index in [9.17, 15) is 9.18 Å². The van der Waals surface area contributed by atoms with E-state index in [-0.39, 0.29) is 11.7 Å². The summed E-state index contributed by atoms with van der Waals surface area (Å²) in [6.07, 6.45) is 2.00. The number of benzene rings is 2. The summed E-state index contributed by atoms with van der Waals surface area (Å²) in [4.78, 5) is 14.2. The molecule has 1 fully saturated rings. The number of aryl methyl sites for hydroxylation is 1. The summed E-state index contributed by atoms with van der Waals surface area (Å²) >= 11 is 0. The van der Waals surface area contributed by atoms with Crippen molar-refractivity contribution in [3.63, 3.8) is 0 Å². The molecule has 3 heteroatoms. The van der Waals surface area contributed by atoms with E-state index >= 15 is 0 Å². The Hall–Kier alpha value is -2.16. The van der Waals surface area contributed by atoms with E-state index < -0.39 is 0 Å². The molecule has 1 unspecified atom stereocenters. The van der Waals surface area contributed by atoms with Gasteiger partial charge in [-0.1, -0.05) is 35.9 Å². The lowest BCUT2D eigenvalue weighted by Crippen LogP contribution is -2.29. The Labute approximate surface area is 130 Å². The number of likely N-dealkylation sites (tertiary alicyclic amines) is 1. The van der Waals surface area contributed by atoms with Gasteiger partial charge in [-0.15, -0.1) is 0 Å². The number of hydrogen-bond acceptors (Lipinski definition) is 1. The van der Waals surface area contributed by atoms with Gasteiger partial charge < -0.3 is 4.90 Å². The second-order valence-electron chi connectivity index (χ2n) is 6.11. The van der Waals surface area contributed by atoms with Crippen LogP contribution < -0.4 is 0 Å². The van der Waals surface area contributed by atoms with Crippen molar-refractivity contribution >= 4 is 5.91 Å². The summed E-state index contributed by atoms with van der Waals surface area (Å²) in [7, 11) is 0. The van der Waals surface area contributed by atoms with Gasteiger partial charge in [-0.2, -0.15) is 0 Å². The molecule has 0 aromatic heterocycles. The Bertz CT molecular complexity index is 665. The Kier molecular flexibility index (Phi) is 4.23. The van der Waals surface area contributed by atoms with Crippen molar-refractivity contribution in [1.29, 1.82) is 0 Å². The minimum absolute atomic E-state index is 0.0640. The zero-order valence-electron chi connectivity index (χ0n) is 12.8. The van der Waals surface area contributed by atoms with Crippen LogP contribution in [-0.4, -0.2) is 23.9 Å². The molecule has 0 radical (unpaired) electrons. The van der Waals surface area contributed by atoms with Gasteiger partial charge in [-0.05, 0) is 49.4 Å². The van der Waals surface area contributed by atoms with E-state index in [1.165, 1.54) is 23.3 Å². The van der Waals surface area contributed by atoms with Crippen LogP contribution in [0.2, 0.25) is 0 Å². The van der Waals surface area contributed by atoms with Gasteiger partial charge in [0.05, 0.1) is 0 Å². The predicted molar refractivity (Wildman–Crippen MR) is 85.3 cm³/mol. The van der Waals surface area contributed by atoms with Crippen LogP contribution in [0, 0.1) is 18.7 Å². The Morgan fingerprint density at radius 3 is 2.73 bits per heavy atom. The molecule has 2 nitrogen and oxygen atoms in total. The van der Waals surface area contributed by atoms with E-state index in [1.807, 2.05) is 4.90 Å². The topological polar surface area (TPSA) is 20.3 Å². The molecule has 1 atom stereocenters. The zero-order valence-corrected chi connectivity index (χ0v) is 12.8. The standard InChI is InChI=1S/C19H20FNO/c1-14-5-7-15(8-6-14)11-16-9-10-21(13-16)19(22)17-3-2-4-18(20)12-17/h2-8,12,16H,9-11,13H2,1H3. The summed E-state index contributed by atoms with van der Waals surface area (Å²) in [6.45, 7) is 3.59. The van der Waals surface area contributed by atoms with E-state index in [0.717, 1.165) is 25.9 Å². The molecule has 2 aromatic carbocycles. The molecule has 0 saturated carbocycles. The molecule has 2 aromatic rings. The third-order valence-corrected chi connectivity index (χ3v) is 4.29. The summed E-state index contributed by atoms with van der Waals surface area (Å²) < 4.78 is 13.2. The predicted octanol–water partition coefficient (Wildman–Crippen LogP) is 3.84. The van der Waals surface area contributed by atoms with Crippen LogP contribution in [0.4, 0.5) is 4.39 Å². The highest BCUT2D eigenvalue weighted by Crippen LogP contribution is 2.23. The van der Waals surface area contributed by atoms with Crippen LogP contribution in [-0.2, 0) is 6.42 Å². The van der Waals surface area contributed by atoms with Crippen molar-refractivity contribution in [2.24, 2.45) is 5.92 Å². The maximum absolute atomic E-state index is 13.2. The summed E-state index contributed by atoms with van der Waals surface area (Å²) in [5.41, 5.74) is 3.02. The molecule has 0 aliphatic carbocycles. The van der Waals surface area contributed by atoms with Gasteiger partial charge in [0.25, 0.3) is 5.91 Å². The second-order valence-corrected chi connectivity index (χ2v) is 6.11. The van der Waals surface area contributed by atoms with Crippen LogP contribution in [0.15, 0.2) is 48.5 Å². The van der Waals surface area contributed by atoms with Gasteiger partial charge in [0, 0.05) is 18.7 Å². The lowest BCUT2D eigenvalue weighted by atomic mass is 9.98. The molecule has 0 N–H and O–H groups in total. The molecule has 0 bridgehead atoms. The van der Waals surface area contributed by atoms with Gasteiger partial charge in [-0.25, -0.2) is 4.39 Å². The van der Waals surface area contributed by atoms with Crippen molar-refractivity contribution in [3.8, 4) is 0 Å². The number of amides is 1. The average Bonchev–Trinajstić information content (AvgIpc) is 2.97. The summed E-state index contributed by atoms with van der Waals surface area (Å²) in [6, 6.07) is 14.5. The number of carbonyl (C=O) groups excluding carboxylic acids is 1. The number of carbonyl (C=O) groups is 1. The molecular weight excluding hydrogens is 277 g/mol. The molecule has 0 spiro atoms. The maximum Gasteiger partial charge on any atom is 0.253 e. The molecule has 22 heavy (non-hydrogen) atoms. The van der Waals surface area contributed by atoms with Crippen molar-refractivity contribution in [2.75, 3.05) is 13.1 Å².